The van der Waals surface area contributed by atoms with E-state index in [0.717, 1.165) is 11.1 Å². The van der Waals surface area contributed by atoms with Crippen LogP contribution < -0.4 is 20.3 Å². The van der Waals surface area contributed by atoms with E-state index in [9.17, 15) is 19.7 Å². The second-order valence-corrected chi connectivity index (χ2v) is 6.98. The minimum Gasteiger partial charge on any atom is -0.484 e. The van der Waals surface area contributed by atoms with Crippen LogP contribution in [0.2, 0.25) is 0 Å². The predicted octanol–water partition coefficient (Wildman–Crippen LogP) is 3.65. The van der Waals surface area contributed by atoms with Crippen molar-refractivity contribution >= 4 is 17.5 Å². The topological polar surface area (TPSA) is 120 Å². The molecule has 3 aromatic rings. The summed E-state index contributed by atoms with van der Waals surface area (Å²) in [7, 11) is 0. The van der Waals surface area contributed by atoms with Crippen molar-refractivity contribution in [2.45, 2.75) is 19.4 Å². The SMILES string of the molecule is CCC(Oc1ccc(-c2ccccc2)cc1)C(=O)NNC(=O)COc1ccc([N+](=O)[O-])cc1. The number of nitrogens with zero attached hydrogens (tertiary/aromatic N) is 1. The molecule has 0 radical (unpaired) electrons. The third-order valence-corrected chi connectivity index (χ3v) is 4.65. The number of non-ortho nitro benzene ring substituents is 1. The molecule has 0 fully saturated rings. The van der Waals surface area contributed by atoms with Crippen LogP contribution in [-0.2, 0) is 9.59 Å². The molecule has 1 atom stereocenters. The van der Waals surface area contributed by atoms with Crippen LogP contribution in [0, 0.1) is 10.1 Å². The Morgan fingerprint density at radius 2 is 1.48 bits per heavy atom. The number of hydrogen-bond donors (Lipinski definition) is 2. The Morgan fingerprint density at radius 3 is 2.09 bits per heavy atom. The van der Waals surface area contributed by atoms with Crippen LogP contribution in [0.5, 0.6) is 11.5 Å². The fourth-order valence-corrected chi connectivity index (χ4v) is 2.90. The van der Waals surface area contributed by atoms with Crippen LogP contribution in [0.25, 0.3) is 11.1 Å². The minimum atomic E-state index is -0.802. The van der Waals surface area contributed by atoms with E-state index in [4.69, 9.17) is 9.47 Å². The summed E-state index contributed by atoms with van der Waals surface area (Å²) in [5.74, 6) is -0.280. The second-order valence-electron chi connectivity index (χ2n) is 6.98. The number of carbonyl (C=O) groups is 2. The first-order valence-electron chi connectivity index (χ1n) is 10.2. The molecule has 0 bridgehead atoms. The van der Waals surface area contributed by atoms with Crippen molar-refractivity contribution in [2.24, 2.45) is 0 Å². The fourth-order valence-electron chi connectivity index (χ4n) is 2.90. The maximum atomic E-state index is 12.4. The number of nitrogens with one attached hydrogen (secondary N) is 2. The molecule has 9 nitrogen and oxygen atoms in total. The Hall–Kier alpha value is -4.40. The number of benzene rings is 3. The molecule has 3 aromatic carbocycles. The summed E-state index contributed by atoms with van der Waals surface area (Å²) >= 11 is 0. The Balaban J connectivity index is 1.46. The largest absolute Gasteiger partial charge is 0.484 e. The Kier molecular flexibility index (Phi) is 7.96. The number of nitro benzene ring substituents is 1. The van der Waals surface area contributed by atoms with Gasteiger partial charge in [0.25, 0.3) is 17.5 Å². The fraction of sp³-hybridized carbons (Fsp3) is 0.167. The molecule has 0 aromatic heterocycles. The zero-order valence-electron chi connectivity index (χ0n) is 17.9. The van der Waals surface area contributed by atoms with Gasteiger partial charge in [-0.05, 0) is 41.8 Å². The predicted molar refractivity (Wildman–Crippen MR) is 121 cm³/mol. The monoisotopic (exact) mass is 449 g/mol. The van der Waals surface area contributed by atoms with E-state index in [1.54, 1.807) is 19.1 Å². The Bertz CT molecular complexity index is 1090. The van der Waals surface area contributed by atoms with Crippen molar-refractivity contribution < 1.29 is 24.0 Å². The molecule has 3 rings (SSSR count). The summed E-state index contributed by atoms with van der Waals surface area (Å²) in [5.41, 5.74) is 6.60. The molecular formula is C24H23N3O6. The summed E-state index contributed by atoms with van der Waals surface area (Å²) in [5, 5.41) is 10.6. The lowest BCUT2D eigenvalue weighted by Crippen LogP contribution is -2.49. The number of amides is 2. The first-order valence-corrected chi connectivity index (χ1v) is 10.2. The quantitative estimate of drug-likeness (QED) is 0.380. The summed E-state index contributed by atoms with van der Waals surface area (Å²) in [6.07, 6.45) is -0.412. The highest BCUT2D eigenvalue weighted by molar-refractivity contribution is 5.85. The molecule has 0 aliphatic heterocycles. The lowest BCUT2D eigenvalue weighted by Gasteiger charge is -2.18. The lowest BCUT2D eigenvalue weighted by atomic mass is 10.1. The van der Waals surface area contributed by atoms with Gasteiger partial charge in [-0.2, -0.15) is 0 Å². The van der Waals surface area contributed by atoms with Crippen LogP contribution in [-0.4, -0.2) is 29.4 Å². The average Bonchev–Trinajstić information content (AvgIpc) is 2.85. The van der Waals surface area contributed by atoms with Crippen molar-refractivity contribution in [2.75, 3.05) is 6.61 Å². The smallest absolute Gasteiger partial charge is 0.279 e. The zero-order valence-corrected chi connectivity index (χ0v) is 17.9. The van der Waals surface area contributed by atoms with E-state index in [1.165, 1.54) is 24.3 Å². The van der Waals surface area contributed by atoms with Crippen molar-refractivity contribution in [3.05, 3.63) is 89.0 Å². The van der Waals surface area contributed by atoms with Crippen molar-refractivity contribution in [1.82, 2.24) is 10.9 Å². The second kappa shape index (κ2) is 11.3. The maximum Gasteiger partial charge on any atom is 0.279 e. The van der Waals surface area contributed by atoms with Crippen LogP contribution >= 0.6 is 0 Å². The average molecular weight is 449 g/mol. The zero-order chi connectivity index (χ0) is 23.6. The number of hydrazine groups is 1. The highest BCUT2D eigenvalue weighted by Gasteiger charge is 2.19. The maximum absolute atomic E-state index is 12.4. The third kappa shape index (κ3) is 6.79. The van der Waals surface area contributed by atoms with Crippen LogP contribution in [0.4, 0.5) is 5.69 Å². The molecule has 170 valence electrons. The first kappa shape index (κ1) is 23.3. The summed E-state index contributed by atoms with van der Waals surface area (Å²) in [6, 6.07) is 22.6. The molecular weight excluding hydrogens is 426 g/mol. The van der Waals surface area contributed by atoms with Gasteiger partial charge in [-0.3, -0.25) is 30.6 Å². The van der Waals surface area contributed by atoms with Gasteiger partial charge < -0.3 is 9.47 Å². The van der Waals surface area contributed by atoms with E-state index in [0.29, 0.717) is 12.2 Å². The van der Waals surface area contributed by atoms with Gasteiger partial charge in [0.2, 0.25) is 0 Å². The van der Waals surface area contributed by atoms with Crippen LogP contribution in [0.1, 0.15) is 13.3 Å². The third-order valence-electron chi connectivity index (χ3n) is 4.65. The van der Waals surface area contributed by atoms with E-state index in [1.807, 2.05) is 42.5 Å². The van der Waals surface area contributed by atoms with Crippen molar-refractivity contribution in [3.63, 3.8) is 0 Å². The molecule has 0 heterocycles. The van der Waals surface area contributed by atoms with Crippen molar-refractivity contribution in [3.8, 4) is 22.6 Å². The minimum absolute atomic E-state index is 0.0839. The molecule has 0 aliphatic rings. The number of ether oxygens (including phenoxy) is 2. The van der Waals surface area contributed by atoms with Crippen LogP contribution in [0.3, 0.4) is 0 Å². The van der Waals surface area contributed by atoms with E-state index in [2.05, 4.69) is 10.9 Å². The molecule has 0 spiro atoms. The van der Waals surface area contributed by atoms with E-state index in [-0.39, 0.29) is 18.0 Å². The number of rotatable bonds is 9. The van der Waals surface area contributed by atoms with Gasteiger partial charge in [0.05, 0.1) is 4.92 Å². The highest BCUT2D eigenvalue weighted by Crippen LogP contribution is 2.23. The molecule has 0 saturated carbocycles. The summed E-state index contributed by atoms with van der Waals surface area (Å²) in [4.78, 5) is 34.4. The van der Waals surface area contributed by atoms with E-state index < -0.39 is 22.8 Å². The molecule has 33 heavy (non-hydrogen) atoms. The number of hydrogen-bond acceptors (Lipinski definition) is 6. The summed E-state index contributed by atoms with van der Waals surface area (Å²) in [6.45, 7) is 1.42. The lowest BCUT2D eigenvalue weighted by molar-refractivity contribution is -0.384. The molecule has 9 heteroatoms. The van der Waals surface area contributed by atoms with Gasteiger partial charge in [0.1, 0.15) is 11.5 Å². The Morgan fingerprint density at radius 1 is 0.879 bits per heavy atom. The normalized spacial score (nSPS) is 11.2. The molecule has 2 N–H and O–H groups in total. The first-order chi connectivity index (χ1) is 16.0. The molecule has 1 unspecified atom stereocenters. The number of nitro groups is 1. The number of carbonyl (C=O) groups excluding carboxylic acids is 2. The van der Waals surface area contributed by atoms with Gasteiger partial charge in [-0.25, -0.2) is 0 Å². The van der Waals surface area contributed by atoms with Crippen molar-refractivity contribution in [1.29, 1.82) is 0 Å². The van der Waals surface area contributed by atoms with Gasteiger partial charge in [0.15, 0.2) is 12.7 Å². The van der Waals surface area contributed by atoms with Gasteiger partial charge in [-0.15, -0.1) is 0 Å². The van der Waals surface area contributed by atoms with Gasteiger partial charge in [-0.1, -0.05) is 49.4 Å². The van der Waals surface area contributed by atoms with Crippen LogP contribution in [0.15, 0.2) is 78.9 Å². The van der Waals surface area contributed by atoms with Gasteiger partial charge >= 0.3 is 0 Å². The molecule has 0 saturated heterocycles. The molecule has 2 amide bonds. The summed E-state index contributed by atoms with van der Waals surface area (Å²) < 4.78 is 11.0. The molecule has 0 aliphatic carbocycles. The van der Waals surface area contributed by atoms with E-state index >= 15 is 0 Å². The standard InChI is InChI=1S/C24H23N3O6/c1-2-22(33-21-12-8-18(9-13-21)17-6-4-3-5-7-17)24(29)26-25-23(28)16-32-20-14-10-19(11-15-20)27(30)31/h3-15,22H,2,16H2,1H3,(H,25,28)(H,26,29). The van der Waals surface area contributed by atoms with Gasteiger partial charge in [0, 0.05) is 12.1 Å². The highest BCUT2D eigenvalue weighted by atomic mass is 16.6. The Labute approximate surface area is 190 Å².